The molecule has 6 heteroatoms. The molecule has 1 fully saturated rings. The molecule has 2 N–H and O–H groups in total. The van der Waals surface area contributed by atoms with Crippen LogP contribution >= 0.6 is 0 Å². The van der Waals surface area contributed by atoms with Gasteiger partial charge in [0.05, 0.1) is 6.10 Å². The molecule has 0 saturated carbocycles. The molecule has 2 atom stereocenters. The molecule has 1 aromatic carbocycles. The third-order valence-corrected chi connectivity index (χ3v) is 4.14. The van der Waals surface area contributed by atoms with Crippen LogP contribution in [0.2, 0.25) is 0 Å². The molecule has 1 heterocycles. The zero-order valence-electron chi connectivity index (χ0n) is 12.7. The SMILES string of the molecule is CC(O)C1CCCN(C(=O)NCCc2c(F)cccc2F)C1. The fourth-order valence-corrected chi connectivity index (χ4v) is 2.77. The Hall–Kier alpha value is -1.69. The molecule has 1 aliphatic rings. The van der Waals surface area contributed by atoms with E-state index in [-0.39, 0.29) is 30.5 Å². The van der Waals surface area contributed by atoms with E-state index in [1.54, 1.807) is 11.8 Å². The van der Waals surface area contributed by atoms with Gasteiger partial charge >= 0.3 is 6.03 Å². The number of carbonyl (C=O) groups is 1. The molecule has 0 bridgehead atoms. The lowest BCUT2D eigenvalue weighted by molar-refractivity contribution is 0.0740. The van der Waals surface area contributed by atoms with Gasteiger partial charge in [-0.3, -0.25) is 0 Å². The maximum absolute atomic E-state index is 13.5. The molecule has 1 saturated heterocycles. The fraction of sp³-hybridized carbons (Fsp3) is 0.562. The third-order valence-electron chi connectivity index (χ3n) is 4.14. The summed E-state index contributed by atoms with van der Waals surface area (Å²) in [5.74, 6) is -1.11. The summed E-state index contributed by atoms with van der Waals surface area (Å²) in [6, 6.07) is 3.48. The molecule has 2 amide bonds. The number of likely N-dealkylation sites (tertiary alicyclic amines) is 1. The highest BCUT2D eigenvalue weighted by Crippen LogP contribution is 2.19. The van der Waals surface area contributed by atoms with Gasteiger partial charge in [-0.05, 0) is 38.3 Å². The Kier molecular flexibility index (Phi) is 5.71. The summed E-state index contributed by atoms with van der Waals surface area (Å²) in [7, 11) is 0. The van der Waals surface area contributed by atoms with Crippen molar-refractivity contribution in [2.75, 3.05) is 19.6 Å². The van der Waals surface area contributed by atoms with Crippen molar-refractivity contribution >= 4 is 6.03 Å². The molecule has 1 aliphatic heterocycles. The standard InChI is InChI=1S/C16H22F2N2O2/c1-11(21)12-4-3-9-20(10-12)16(22)19-8-7-13-14(17)5-2-6-15(13)18/h2,5-6,11-12,21H,3-4,7-10H2,1H3,(H,19,22). The van der Waals surface area contributed by atoms with E-state index in [4.69, 9.17) is 0 Å². The minimum absolute atomic E-state index is 0.0108. The molecule has 0 spiro atoms. The molecule has 4 nitrogen and oxygen atoms in total. The van der Waals surface area contributed by atoms with Gasteiger partial charge in [-0.15, -0.1) is 0 Å². The van der Waals surface area contributed by atoms with Crippen LogP contribution < -0.4 is 5.32 Å². The Balaban J connectivity index is 1.83. The lowest BCUT2D eigenvalue weighted by atomic mass is 9.94. The van der Waals surface area contributed by atoms with Gasteiger partial charge < -0.3 is 15.3 Å². The van der Waals surface area contributed by atoms with Crippen LogP contribution in [0.1, 0.15) is 25.3 Å². The van der Waals surface area contributed by atoms with Crippen LogP contribution in [0.3, 0.4) is 0 Å². The Morgan fingerprint density at radius 3 is 2.77 bits per heavy atom. The van der Waals surface area contributed by atoms with Crippen molar-refractivity contribution in [3.63, 3.8) is 0 Å². The Labute approximate surface area is 129 Å². The Morgan fingerprint density at radius 1 is 1.45 bits per heavy atom. The second-order valence-electron chi connectivity index (χ2n) is 5.77. The number of piperidine rings is 1. The van der Waals surface area contributed by atoms with E-state index >= 15 is 0 Å². The molecule has 2 unspecified atom stereocenters. The maximum atomic E-state index is 13.5. The van der Waals surface area contributed by atoms with E-state index in [1.807, 2.05) is 0 Å². The lowest BCUT2D eigenvalue weighted by Crippen LogP contribution is -2.47. The molecular weight excluding hydrogens is 290 g/mol. The first-order chi connectivity index (χ1) is 10.5. The van der Waals surface area contributed by atoms with Gasteiger partial charge in [0, 0.05) is 31.1 Å². The number of hydrogen-bond donors (Lipinski definition) is 2. The van der Waals surface area contributed by atoms with Crippen molar-refractivity contribution in [3.8, 4) is 0 Å². The van der Waals surface area contributed by atoms with Gasteiger partial charge in [0.1, 0.15) is 11.6 Å². The Morgan fingerprint density at radius 2 is 2.14 bits per heavy atom. The molecule has 0 aliphatic carbocycles. The van der Waals surface area contributed by atoms with Crippen LogP contribution in [0.15, 0.2) is 18.2 Å². The molecule has 0 radical (unpaired) electrons. The highest BCUT2D eigenvalue weighted by molar-refractivity contribution is 5.74. The summed E-state index contributed by atoms with van der Waals surface area (Å²) >= 11 is 0. The van der Waals surface area contributed by atoms with Crippen molar-refractivity contribution in [2.24, 2.45) is 5.92 Å². The first-order valence-electron chi connectivity index (χ1n) is 7.62. The summed E-state index contributed by atoms with van der Waals surface area (Å²) < 4.78 is 27.0. The van der Waals surface area contributed by atoms with Crippen LogP contribution in [-0.2, 0) is 6.42 Å². The highest BCUT2D eigenvalue weighted by Gasteiger charge is 2.26. The van der Waals surface area contributed by atoms with Crippen molar-refractivity contribution in [2.45, 2.75) is 32.3 Å². The molecule has 0 aromatic heterocycles. The van der Waals surface area contributed by atoms with Gasteiger partial charge in [0.25, 0.3) is 0 Å². The van der Waals surface area contributed by atoms with E-state index in [1.165, 1.54) is 18.2 Å². The van der Waals surface area contributed by atoms with Crippen molar-refractivity contribution in [1.29, 1.82) is 0 Å². The number of hydrogen-bond acceptors (Lipinski definition) is 2. The van der Waals surface area contributed by atoms with Crippen LogP contribution in [0.25, 0.3) is 0 Å². The van der Waals surface area contributed by atoms with E-state index < -0.39 is 17.7 Å². The van der Waals surface area contributed by atoms with Crippen molar-refractivity contribution in [1.82, 2.24) is 10.2 Å². The first-order valence-corrected chi connectivity index (χ1v) is 7.62. The summed E-state index contributed by atoms with van der Waals surface area (Å²) in [4.78, 5) is 13.7. The lowest BCUT2D eigenvalue weighted by Gasteiger charge is -2.34. The Bertz CT molecular complexity index is 503. The number of halogens is 2. The van der Waals surface area contributed by atoms with Crippen LogP contribution in [0.5, 0.6) is 0 Å². The molecule has 122 valence electrons. The minimum atomic E-state index is -0.596. The topological polar surface area (TPSA) is 52.6 Å². The molecular formula is C16H22F2N2O2. The highest BCUT2D eigenvalue weighted by atomic mass is 19.1. The zero-order valence-corrected chi connectivity index (χ0v) is 12.7. The van der Waals surface area contributed by atoms with Crippen LogP contribution in [0.4, 0.5) is 13.6 Å². The van der Waals surface area contributed by atoms with Gasteiger partial charge in [0.2, 0.25) is 0 Å². The number of carbonyl (C=O) groups excluding carboxylic acids is 1. The second kappa shape index (κ2) is 7.54. The summed E-state index contributed by atoms with van der Waals surface area (Å²) in [5.41, 5.74) is -0.0108. The average Bonchev–Trinajstić information content (AvgIpc) is 2.50. The first kappa shape index (κ1) is 16.7. The zero-order chi connectivity index (χ0) is 16.1. The van der Waals surface area contributed by atoms with Gasteiger partial charge in [-0.1, -0.05) is 6.07 Å². The van der Waals surface area contributed by atoms with E-state index in [2.05, 4.69) is 5.32 Å². The smallest absolute Gasteiger partial charge is 0.317 e. The molecule has 2 rings (SSSR count). The quantitative estimate of drug-likeness (QED) is 0.896. The van der Waals surface area contributed by atoms with Gasteiger partial charge in [-0.25, -0.2) is 13.6 Å². The van der Waals surface area contributed by atoms with Crippen LogP contribution in [0, 0.1) is 17.6 Å². The van der Waals surface area contributed by atoms with E-state index in [9.17, 15) is 18.7 Å². The van der Waals surface area contributed by atoms with Gasteiger partial charge in [0.15, 0.2) is 0 Å². The maximum Gasteiger partial charge on any atom is 0.317 e. The predicted octanol–water partition coefficient (Wildman–Crippen LogP) is 2.31. The van der Waals surface area contributed by atoms with E-state index in [0.29, 0.717) is 13.1 Å². The average molecular weight is 312 g/mol. The normalized spacial score (nSPS) is 19.8. The van der Waals surface area contributed by atoms with Gasteiger partial charge in [-0.2, -0.15) is 0 Å². The molecule has 22 heavy (non-hydrogen) atoms. The number of amides is 2. The molecule has 1 aromatic rings. The predicted molar refractivity (Wildman–Crippen MR) is 79.4 cm³/mol. The third kappa shape index (κ3) is 4.16. The fourth-order valence-electron chi connectivity index (χ4n) is 2.77. The summed E-state index contributed by atoms with van der Waals surface area (Å²) in [6.07, 6.45) is 1.42. The largest absolute Gasteiger partial charge is 0.393 e. The number of benzene rings is 1. The summed E-state index contributed by atoms with van der Waals surface area (Å²) in [5, 5.41) is 12.3. The minimum Gasteiger partial charge on any atom is -0.393 e. The number of nitrogens with one attached hydrogen (secondary N) is 1. The second-order valence-corrected chi connectivity index (χ2v) is 5.77. The number of nitrogens with zero attached hydrogens (tertiary/aromatic N) is 1. The number of aliphatic hydroxyl groups is 1. The van der Waals surface area contributed by atoms with Crippen molar-refractivity contribution in [3.05, 3.63) is 35.4 Å². The number of aliphatic hydroxyl groups excluding tert-OH is 1. The number of rotatable bonds is 4. The number of urea groups is 1. The van der Waals surface area contributed by atoms with Crippen LogP contribution in [-0.4, -0.2) is 41.8 Å². The van der Waals surface area contributed by atoms with E-state index in [0.717, 1.165) is 12.8 Å². The monoisotopic (exact) mass is 312 g/mol. The summed E-state index contributed by atoms with van der Waals surface area (Å²) in [6.45, 7) is 3.06. The van der Waals surface area contributed by atoms with Crippen molar-refractivity contribution < 1.29 is 18.7 Å².